The van der Waals surface area contributed by atoms with Crippen LogP contribution in [0.1, 0.15) is 11.4 Å². The third-order valence-corrected chi connectivity index (χ3v) is 5.02. The largest absolute Gasteiger partial charge is 0.454 e. The smallest absolute Gasteiger partial charge is 0.362 e. The molecule has 0 radical (unpaired) electrons. The van der Waals surface area contributed by atoms with E-state index >= 15 is 0 Å². The normalized spacial score (nSPS) is 12.9. The number of aliphatic hydroxyl groups excluding tert-OH is 1. The van der Waals surface area contributed by atoms with Gasteiger partial charge in [0.25, 0.3) is 0 Å². The van der Waals surface area contributed by atoms with Gasteiger partial charge in [-0.2, -0.15) is 0 Å². The van der Waals surface area contributed by atoms with Gasteiger partial charge in [0, 0.05) is 14.2 Å². The summed E-state index contributed by atoms with van der Waals surface area (Å²) in [6, 6.07) is 8.44. The second-order valence-electron chi connectivity index (χ2n) is 4.52. The van der Waals surface area contributed by atoms with E-state index in [0.29, 0.717) is 0 Å². The van der Waals surface area contributed by atoms with Crippen molar-refractivity contribution in [1.29, 1.82) is 0 Å². The zero-order valence-corrected chi connectivity index (χ0v) is 13.3. The Kier molecular flexibility index (Phi) is 5.49. The Labute approximate surface area is 132 Å². The van der Waals surface area contributed by atoms with Crippen LogP contribution in [-0.4, -0.2) is 19.3 Å². The zero-order chi connectivity index (χ0) is 17.0. The van der Waals surface area contributed by atoms with Crippen LogP contribution >= 0.6 is 7.60 Å². The monoisotopic (exact) mass is 344 g/mol. The Morgan fingerprint density at radius 1 is 1.04 bits per heavy atom. The predicted molar refractivity (Wildman–Crippen MR) is 79.5 cm³/mol. The van der Waals surface area contributed by atoms with Crippen LogP contribution in [0.15, 0.2) is 42.5 Å². The molecular formula is C15H15F2O5P. The third-order valence-electron chi connectivity index (χ3n) is 3.10. The summed E-state index contributed by atoms with van der Waals surface area (Å²) in [5.74, 6) is -2.77. The molecule has 2 rings (SSSR count). The van der Waals surface area contributed by atoms with Gasteiger partial charge in [-0.25, -0.2) is 8.78 Å². The highest BCUT2D eigenvalue weighted by molar-refractivity contribution is 7.53. The number of ether oxygens (including phenoxy) is 1. The van der Waals surface area contributed by atoms with Crippen molar-refractivity contribution in [3.63, 3.8) is 0 Å². The highest BCUT2D eigenvalue weighted by Crippen LogP contribution is 2.58. The van der Waals surface area contributed by atoms with Gasteiger partial charge in [0.05, 0.1) is 0 Å². The van der Waals surface area contributed by atoms with Crippen LogP contribution in [0.5, 0.6) is 11.5 Å². The van der Waals surface area contributed by atoms with Crippen molar-refractivity contribution in [3.05, 3.63) is 59.7 Å². The first-order valence-electron chi connectivity index (χ1n) is 6.51. The Morgan fingerprint density at radius 3 is 2.22 bits per heavy atom. The number of hydrogen-bond donors (Lipinski definition) is 1. The Balaban J connectivity index is 2.32. The van der Waals surface area contributed by atoms with E-state index in [4.69, 9.17) is 13.8 Å². The lowest BCUT2D eigenvalue weighted by Crippen LogP contribution is -2.03. The maximum Gasteiger partial charge on any atom is 0.362 e. The maximum atomic E-state index is 13.8. The summed E-state index contributed by atoms with van der Waals surface area (Å²) in [5.41, 5.74) is 0.0931. The second kappa shape index (κ2) is 7.19. The lowest BCUT2D eigenvalue weighted by atomic mass is 10.2. The molecule has 0 aliphatic heterocycles. The van der Waals surface area contributed by atoms with Crippen molar-refractivity contribution >= 4 is 7.60 Å². The molecule has 1 unspecified atom stereocenters. The highest BCUT2D eigenvalue weighted by atomic mass is 31.2. The van der Waals surface area contributed by atoms with Gasteiger partial charge in [-0.3, -0.25) is 4.57 Å². The van der Waals surface area contributed by atoms with Crippen LogP contribution in [0.2, 0.25) is 0 Å². The molecule has 23 heavy (non-hydrogen) atoms. The van der Waals surface area contributed by atoms with E-state index in [-0.39, 0.29) is 17.1 Å². The van der Waals surface area contributed by atoms with Crippen molar-refractivity contribution in [1.82, 2.24) is 0 Å². The molecule has 0 bridgehead atoms. The van der Waals surface area contributed by atoms with Crippen LogP contribution in [0.3, 0.4) is 0 Å². The molecule has 0 amide bonds. The van der Waals surface area contributed by atoms with Gasteiger partial charge in [0.15, 0.2) is 17.4 Å². The van der Waals surface area contributed by atoms with E-state index < -0.39 is 25.1 Å². The molecule has 2 aromatic carbocycles. The van der Waals surface area contributed by atoms with Crippen molar-refractivity contribution in [2.75, 3.05) is 14.2 Å². The molecule has 124 valence electrons. The number of hydrogen-bond acceptors (Lipinski definition) is 5. The molecule has 0 aliphatic carbocycles. The maximum absolute atomic E-state index is 13.8. The zero-order valence-electron chi connectivity index (χ0n) is 12.4. The third kappa shape index (κ3) is 3.95. The van der Waals surface area contributed by atoms with Gasteiger partial charge in [-0.1, -0.05) is 6.07 Å². The first-order valence-corrected chi connectivity index (χ1v) is 8.13. The fourth-order valence-corrected chi connectivity index (χ4v) is 2.92. The number of aliphatic hydroxyl groups is 1. The fourth-order valence-electron chi connectivity index (χ4n) is 1.85. The summed E-state index contributed by atoms with van der Waals surface area (Å²) >= 11 is 0. The topological polar surface area (TPSA) is 65.0 Å². The van der Waals surface area contributed by atoms with Crippen LogP contribution in [-0.2, 0) is 13.6 Å². The molecule has 8 heteroatoms. The molecule has 0 spiro atoms. The van der Waals surface area contributed by atoms with Gasteiger partial charge in [-0.05, 0) is 42.0 Å². The number of rotatable bonds is 6. The number of halogens is 2. The van der Waals surface area contributed by atoms with E-state index in [0.717, 1.165) is 32.4 Å². The fraction of sp³-hybridized carbons (Fsp3) is 0.200. The standard InChI is InChI=1S/C15H15F2O5P/c1-20-23(19,21-2)15(18)10-3-8-13(17)14(9-10)22-12-6-4-11(16)5-7-12/h3-9,15,18H,1-2H3. The molecule has 1 atom stereocenters. The molecule has 0 aromatic heterocycles. The Morgan fingerprint density at radius 2 is 1.65 bits per heavy atom. The summed E-state index contributed by atoms with van der Waals surface area (Å²) in [5, 5.41) is 10.1. The minimum atomic E-state index is -3.79. The molecule has 0 saturated heterocycles. The molecule has 2 aromatic rings. The molecular weight excluding hydrogens is 329 g/mol. The minimum Gasteiger partial charge on any atom is -0.454 e. The second-order valence-corrected chi connectivity index (χ2v) is 6.82. The lowest BCUT2D eigenvalue weighted by Gasteiger charge is -2.20. The van der Waals surface area contributed by atoms with E-state index in [1.54, 1.807) is 0 Å². The summed E-state index contributed by atoms with van der Waals surface area (Å²) in [6.45, 7) is 0. The van der Waals surface area contributed by atoms with Gasteiger partial charge < -0.3 is 18.9 Å². The first kappa shape index (κ1) is 17.6. The molecule has 0 aliphatic rings. The average Bonchev–Trinajstić information content (AvgIpc) is 2.57. The first-order chi connectivity index (χ1) is 10.9. The van der Waals surface area contributed by atoms with Crippen LogP contribution < -0.4 is 4.74 Å². The van der Waals surface area contributed by atoms with E-state index in [2.05, 4.69) is 0 Å². The van der Waals surface area contributed by atoms with Crippen molar-refractivity contribution < 1.29 is 32.2 Å². The van der Waals surface area contributed by atoms with Crippen molar-refractivity contribution in [3.8, 4) is 11.5 Å². The Hall–Kier alpha value is -1.79. The number of benzene rings is 2. The summed E-state index contributed by atoms with van der Waals surface area (Å²) in [6.07, 6.45) is 0. The van der Waals surface area contributed by atoms with Gasteiger partial charge in [-0.15, -0.1) is 0 Å². The van der Waals surface area contributed by atoms with Gasteiger partial charge in [0.1, 0.15) is 11.6 Å². The SMILES string of the molecule is COP(=O)(OC)C(O)c1ccc(F)c(Oc2ccc(F)cc2)c1. The van der Waals surface area contributed by atoms with Gasteiger partial charge in [0.2, 0.25) is 0 Å². The van der Waals surface area contributed by atoms with Crippen LogP contribution in [0, 0.1) is 11.6 Å². The molecule has 0 saturated carbocycles. The van der Waals surface area contributed by atoms with Gasteiger partial charge >= 0.3 is 7.60 Å². The molecule has 1 N–H and O–H groups in total. The highest BCUT2D eigenvalue weighted by Gasteiger charge is 2.34. The lowest BCUT2D eigenvalue weighted by molar-refractivity contribution is 0.176. The average molecular weight is 344 g/mol. The predicted octanol–water partition coefficient (Wildman–Crippen LogP) is 4.23. The molecule has 5 nitrogen and oxygen atoms in total. The van der Waals surface area contributed by atoms with Crippen LogP contribution in [0.25, 0.3) is 0 Å². The Bertz CT molecular complexity index is 712. The van der Waals surface area contributed by atoms with Crippen molar-refractivity contribution in [2.45, 2.75) is 5.85 Å². The summed E-state index contributed by atoms with van der Waals surface area (Å²) in [4.78, 5) is 0. The molecule has 0 fully saturated rings. The summed E-state index contributed by atoms with van der Waals surface area (Å²) in [7, 11) is -1.53. The van der Waals surface area contributed by atoms with Crippen molar-refractivity contribution in [2.24, 2.45) is 0 Å². The van der Waals surface area contributed by atoms with Crippen LogP contribution in [0.4, 0.5) is 8.78 Å². The van der Waals surface area contributed by atoms with E-state index in [9.17, 15) is 18.5 Å². The molecule has 0 heterocycles. The van der Waals surface area contributed by atoms with E-state index in [1.807, 2.05) is 0 Å². The van der Waals surface area contributed by atoms with E-state index in [1.165, 1.54) is 24.3 Å². The quantitative estimate of drug-likeness (QED) is 0.794. The minimum absolute atomic E-state index is 0.0931. The summed E-state index contributed by atoms with van der Waals surface area (Å²) < 4.78 is 53.6.